The predicted molar refractivity (Wildman–Crippen MR) is 137 cm³/mol. The second-order valence-corrected chi connectivity index (χ2v) is 9.48. The van der Waals surface area contributed by atoms with Gasteiger partial charge in [0.15, 0.2) is 5.82 Å². The van der Waals surface area contributed by atoms with Crippen molar-refractivity contribution >= 4 is 45.4 Å². The molecule has 0 aliphatic carbocycles. The summed E-state index contributed by atoms with van der Waals surface area (Å²) < 4.78 is 10.1. The first-order valence-corrected chi connectivity index (χ1v) is 12.4. The molecule has 2 aromatic carbocycles. The Hall–Kier alpha value is -3.93. The van der Waals surface area contributed by atoms with Gasteiger partial charge in [0.25, 0.3) is 5.56 Å². The van der Waals surface area contributed by atoms with E-state index in [1.54, 1.807) is 15.9 Å². The molecule has 5 aromatic rings. The van der Waals surface area contributed by atoms with Crippen molar-refractivity contribution in [2.24, 2.45) is 7.05 Å². The van der Waals surface area contributed by atoms with Gasteiger partial charge in [0, 0.05) is 11.9 Å². The van der Waals surface area contributed by atoms with E-state index in [1.165, 1.54) is 11.3 Å². The molecule has 0 unspecified atom stereocenters. The standard InChI is InChI=1S/C26H20N4O2S2/c1-3-32-18-12-10-17(11-13-18)30-25(31)23(15-19-7-6-14-33-19)34-26(30)20(16-27)24-28-21-8-4-5-9-22(21)29(24)2/h4-15H,3H2,1-2H3/b23-15+,26-20-. The molecule has 0 aliphatic rings. The highest BCUT2D eigenvalue weighted by atomic mass is 32.1. The van der Waals surface area contributed by atoms with E-state index in [-0.39, 0.29) is 5.56 Å². The van der Waals surface area contributed by atoms with Crippen LogP contribution in [0, 0.1) is 11.3 Å². The first-order valence-electron chi connectivity index (χ1n) is 10.7. The first kappa shape index (κ1) is 21.9. The number of thiazole rings is 1. The zero-order valence-corrected chi connectivity index (χ0v) is 20.2. The molecule has 0 spiro atoms. The SMILES string of the molecule is CCOc1ccc(-n2c(=O)/c(=C\c3cccs3)s/c2=C(/C#N)c2nc3ccccc3n2C)cc1. The Morgan fingerprint density at radius 1 is 1.15 bits per heavy atom. The molecule has 6 nitrogen and oxygen atoms in total. The Balaban J connectivity index is 1.84. The second-order valence-electron chi connectivity index (χ2n) is 7.47. The quantitative estimate of drug-likeness (QED) is 0.380. The fraction of sp³-hybridized carbons (Fsp3) is 0.115. The van der Waals surface area contributed by atoms with E-state index >= 15 is 0 Å². The summed E-state index contributed by atoms with van der Waals surface area (Å²) in [6.45, 7) is 2.48. The lowest BCUT2D eigenvalue weighted by molar-refractivity contribution is 0.340. The maximum absolute atomic E-state index is 13.6. The highest BCUT2D eigenvalue weighted by Gasteiger charge is 2.18. The number of rotatable bonds is 5. The van der Waals surface area contributed by atoms with Crippen LogP contribution in [0.4, 0.5) is 0 Å². The highest BCUT2D eigenvalue weighted by molar-refractivity contribution is 7.11. The Morgan fingerprint density at radius 3 is 2.62 bits per heavy atom. The number of imidazole rings is 1. The summed E-state index contributed by atoms with van der Waals surface area (Å²) in [6.07, 6.45) is 1.87. The van der Waals surface area contributed by atoms with Gasteiger partial charge in [0.2, 0.25) is 0 Å². The van der Waals surface area contributed by atoms with Gasteiger partial charge < -0.3 is 9.30 Å². The van der Waals surface area contributed by atoms with E-state index < -0.39 is 0 Å². The van der Waals surface area contributed by atoms with Crippen molar-refractivity contribution in [3.63, 3.8) is 0 Å². The lowest BCUT2D eigenvalue weighted by atomic mass is 10.2. The molecule has 3 heterocycles. The molecule has 0 saturated heterocycles. The average Bonchev–Trinajstić information content (AvgIpc) is 3.56. The number of para-hydroxylation sites is 2. The van der Waals surface area contributed by atoms with E-state index in [2.05, 4.69) is 6.07 Å². The van der Waals surface area contributed by atoms with Gasteiger partial charge in [-0.2, -0.15) is 5.26 Å². The van der Waals surface area contributed by atoms with Crippen molar-refractivity contribution in [1.82, 2.24) is 14.1 Å². The summed E-state index contributed by atoms with van der Waals surface area (Å²) >= 11 is 2.86. The molecule has 168 valence electrons. The molecule has 0 fully saturated rings. The first-order chi connectivity index (χ1) is 16.6. The van der Waals surface area contributed by atoms with E-state index in [9.17, 15) is 10.1 Å². The van der Waals surface area contributed by atoms with Crippen molar-refractivity contribution in [2.75, 3.05) is 6.61 Å². The van der Waals surface area contributed by atoms with Crippen LogP contribution in [0.3, 0.4) is 0 Å². The molecule has 8 heteroatoms. The zero-order valence-electron chi connectivity index (χ0n) is 18.6. The molecule has 0 radical (unpaired) electrons. The second kappa shape index (κ2) is 9.14. The number of fused-ring (bicyclic) bond motifs is 1. The summed E-state index contributed by atoms with van der Waals surface area (Å²) in [6, 6.07) is 21.3. The van der Waals surface area contributed by atoms with E-state index in [4.69, 9.17) is 9.72 Å². The monoisotopic (exact) mass is 484 g/mol. The summed E-state index contributed by atoms with van der Waals surface area (Å²) in [7, 11) is 1.88. The fourth-order valence-electron chi connectivity index (χ4n) is 3.81. The third-order valence-electron chi connectivity index (χ3n) is 5.38. The summed E-state index contributed by atoms with van der Waals surface area (Å²) in [5.74, 6) is 1.24. The van der Waals surface area contributed by atoms with Gasteiger partial charge in [0.05, 0.1) is 27.9 Å². The number of thiophene rings is 1. The predicted octanol–water partition coefficient (Wildman–Crippen LogP) is 3.80. The Kier molecular flexibility index (Phi) is 5.88. The zero-order chi connectivity index (χ0) is 23.7. The minimum atomic E-state index is -0.177. The smallest absolute Gasteiger partial charge is 0.273 e. The van der Waals surface area contributed by atoms with Crippen LogP contribution in [0.15, 0.2) is 70.8 Å². The number of aryl methyl sites for hydroxylation is 1. The minimum absolute atomic E-state index is 0.177. The normalized spacial score (nSPS) is 12.7. The molecule has 0 bridgehead atoms. The number of ether oxygens (including phenoxy) is 1. The van der Waals surface area contributed by atoms with Crippen LogP contribution in [0.1, 0.15) is 17.6 Å². The topological polar surface area (TPSA) is 72.8 Å². The molecular weight excluding hydrogens is 464 g/mol. The Labute approximate surface area is 203 Å². The van der Waals surface area contributed by atoms with Crippen molar-refractivity contribution < 1.29 is 4.74 Å². The van der Waals surface area contributed by atoms with E-state index in [0.717, 1.165) is 21.7 Å². The molecular formula is C26H20N4O2S2. The maximum atomic E-state index is 13.6. The fourth-order valence-corrected chi connectivity index (χ4v) is 5.63. The minimum Gasteiger partial charge on any atom is -0.494 e. The van der Waals surface area contributed by atoms with Gasteiger partial charge in [-0.25, -0.2) is 4.98 Å². The third kappa shape index (κ3) is 3.85. The largest absolute Gasteiger partial charge is 0.494 e. The Morgan fingerprint density at radius 2 is 1.94 bits per heavy atom. The molecule has 0 amide bonds. The lowest BCUT2D eigenvalue weighted by Crippen LogP contribution is -2.31. The van der Waals surface area contributed by atoms with Gasteiger partial charge >= 0.3 is 0 Å². The van der Waals surface area contributed by atoms with Crippen molar-refractivity contribution in [2.45, 2.75) is 6.92 Å². The maximum Gasteiger partial charge on any atom is 0.273 e. The van der Waals surface area contributed by atoms with Crippen LogP contribution in [0.2, 0.25) is 0 Å². The van der Waals surface area contributed by atoms with Crippen molar-refractivity contribution in [3.8, 4) is 17.5 Å². The van der Waals surface area contributed by atoms with E-state index in [0.29, 0.717) is 32.9 Å². The molecule has 0 atom stereocenters. The van der Waals surface area contributed by atoms with Gasteiger partial charge in [-0.3, -0.25) is 9.36 Å². The summed E-state index contributed by atoms with van der Waals surface area (Å²) in [5, 5.41) is 12.2. The summed E-state index contributed by atoms with van der Waals surface area (Å²) in [5.41, 5.74) is 2.55. The number of hydrogen-bond donors (Lipinski definition) is 0. The van der Waals surface area contributed by atoms with Gasteiger partial charge in [-0.15, -0.1) is 22.7 Å². The van der Waals surface area contributed by atoms with Crippen LogP contribution >= 0.6 is 22.7 Å². The van der Waals surface area contributed by atoms with Crippen LogP contribution < -0.4 is 19.5 Å². The number of hydrogen-bond acceptors (Lipinski definition) is 6. The van der Waals surface area contributed by atoms with Crippen LogP contribution in [-0.4, -0.2) is 20.7 Å². The molecule has 0 saturated carbocycles. The van der Waals surface area contributed by atoms with Crippen LogP contribution in [-0.2, 0) is 7.05 Å². The van der Waals surface area contributed by atoms with Crippen LogP contribution in [0.5, 0.6) is 5.75 Å². The number of nitriles is 1. The average molecular weight is 485 g/mol. The highest BCUT2D eigenvalue weighted by Crippen LogP contribution is 2.19. The third-order valence-corrected chi connectivity index (χ3v) is 7.29. The van der Waals surface area contributed by atoms with Crippen molar-refractivity contribution in [1.29, 1.82) is 5.26 Å². The summed E-state index contributed by atoms with van der Waals surface area (Å²) in [4.78, 5) is 19.3. The van der Waals surface area contributed by atoms with Gasteiger partial charge in [-0.05, 0) is 60.8 Å². The van der Waals surface area contributed by atoms with Crippen molar-refractivity contribution in [3.05, 3.63) is 96.3 Å². The van der Waals surface area contributed by atoms with Crippen LogP contribution in [0.25, 0.3) is 28.4 Å². The van der Waals surface area contributed by atoms with Gasteiger partial charge in [-0.1, -0.05) is 18.2 Å². The number of benzene rings is 2. The number of nitrogens with zero attached hydrogens (tertiary/aromatic N) is 4. The molecule has 5 rings (SSSR count). The molecule has 0 N–H and O–H groups in total. The number of aromatic nitrogens is 3. The lowest BCUT2D eigenvalue weighted by Gasteiger charge is -2.07. The van der Waals surface area contributed by atoms with Gasteiger partial charge in [0.1, 0.15) is 22.1 Å². The van der Waals surface area contributed by atoms with E-state index in [1.807, 2.05) is 90.7 Å². The molecule has 34 heavy (non-hydrogen) atoms. The Bertz CT molecular complexity index is 1700. The molecule has 0 aliphatic heterocycles. The molecule has 3 aromatic heterocycles.